The van der Waals surface area contributed by atoms with E-state index in [1.807, 2.05) is 0 Å². The van der Waals surface area contributed by atoms with Gasteiger partial charge in [-0.05, 0) is 19.3 Å². The molecular weight excluding hydrogens is 132 g/mol. The van der Waals surface area contributed by atoms with E-state index in [0.29, 0.717) is 0 Å². The number of unbranched alkanes of at least 4 members (excludes halogenated alkanes) is 3. The SMILES string of the molecule is C/C=C/[C@H](C)CCCCCC. The molecule has 0 saturated carbocycles. The maximum absolute atomic E-state index is 2.30. The van der Waals surface area contributed by atoms with Gasteiger partial charge in [-0.15, -0.1) is 0 Å². The van der Waals surface area contributed by atoms with Crippen molar-refractivity contribution in [2.75, 3.05) is 0 Å². The molecule has 0 heterocycles. The van der Waals surface area contributed by atoms with Gasteiger partial charge in [0.15, 0.2) is 0 Å². The van der Waals surface area contributed by atoms with Gasteiger partial charge in [0.2, 0.25) is 0 Å². The molecule has 0 unspecified atom stereocenters. The molecule has 0 amide bonds. The summed E-state index contributed by atoms with van der Waals surface area (Å²) in [5.74, 6) is 0.789. The van der Waals surface area contributed by atoms with E-state index in [1.54, 1.807) is 0 Å². The molecule has 0 bridgehead atoms. The molecule has 0 nitrogen and oxygen atoms in total. The van der Waals surface area contributed by atoms with Crippen LogP contribution in [0.2, 0.25) is 0 Å². The lowest BCUT2D eigenvalue weighted by atomic mass is 10.0. The second-order valence-corrected chi connectivity index (χ2v) is 3.35. The van der Waals surface area contributed by atoms with Gasteiger partial charge < -0.3 is 0 Å². The average Bonchev–Trinajstić information content (AvgIpc) is 1.99. The van der Waals surface area contributed by atoms with Crippen molar-refractivity contribution in [3.05, 3.63) is 12.2 Å². The molecule has 0 heteroatoms. The van der Waals surface area contributed by atoms with Crippen LogP contribution in [0.25, 0.3) is 0 Å². The molecule has 0 fully saturated rings. The maximum atomic E-state index is 2.30. The Morgan fingerprint density at radius 1 is 1.18 bits per heavy atom. The first-order valence-electron chi connectivity index (χ1n) is 4.94. The number of allylic oxidation sites excluding steroid dienone is 2. The summed E-state index contributed by atoms with van der Waals surface area (Å²) in [5, 5.41) is 0. The summed E-state index contributed by atoms with van der Waals surface area (Å²) in [6.45, 7) is 6.66. The zero-order valence-corrected chi connectivity index (χ0v) is 8.27. The predicted molar refractivity (Wildman–Crippen MR) is 52.7 cm³/mol. The first-order chi connectivity index (χ1) is 5.31. The Kier molecular flexibility index (Phi) is 7.66. The minimum atomic E-state index is 0.789. The molecule has 0 aromatic rings. The van der Waals surface area contributed by atoms with Crippen molar-refractivity contribution >= 4 is 0 Å². The smallest absolute Gasteiger partial charge is 0.0262 e. The highest BCUT2D eigenvalue weighted by molar-refractivity contribution is 4.82. The zero-order valence-electron chi connectivity index (χ0n) is 8.27. The Morgan fingerprint density at radius 2 is 1.91 bits per heavy atom. The Labute approximate surface area is 71.7 Å². The van der Waals surface area contributed by atoms with E-state index in [2.05, 4.69) is 32.9 Å². The minimum absolute atomic E-state index is 0.789. The summed E-state index contributed by atoms with van der Waals surface area (Å²) in [6, 6.07) is 0. The van der Waals surface area contributed by atoms with Crippen molar-refractivity contribution in [3.63, 3.8) is 0 Å². The molecule has 0 aliphatic heterocycles. The minimum Gasteiger partial charge on any atom is -0.0914 e. The molecule has 0 radical (unpaired) electrons. The Balaban J connectivity index is 3.10. The molecule has 0 saturated heterocycles. The molecule has 0 aromatic carbocycles. The third kappa shape index (κ3) is 7.64. The van der Waals surface area contributed by atoms with E-state index in [4.69, 9.17) is 0 Å². The van der Waals surface area contributed by atoms with Gasteiger partial charge in [0.1, 0.15) is 0 Å². The number of hydrogen-bond donors (Lipinski definition) is 0. The molecule has 0 aromatic heterocycles. The lowest BCUT2D eigenvalue weighted by molar-refractivity contribution is 0.561. The monoisotopic (exact) mass is 154 g/mol. The number of hydrogen-bond acceptors (Lipinski definition) is 0. The van der Waals surface area contributed by atoms with E-state index in [-0.39, 0.29) is 0 Å². The third-order valence-corrected chi connectivity index (χ3v) is 2.03. The Bertz CT molecular complexity index is 92.2. The van der Waals surface area contributed by atoms with Crippen LogP contribution in [0.3, 0.4) is 0 Å². The van der Waals surface area contributed by atoms with Crippen LogP contribution in [0, 0.1) is 5.92 Å². The average molecular weight is 154 g/mol. The quantitative estimate of drug-likeness (QED) is 0.398. The van der Waals surface area contributed by atoms with Gasteiger partial charge in [-0.1, -0.05) is 51.7 Å². The fourth-order valence-electron chi connectivity index (χ4n) is 1.32. The molecule has 1 atom stereocenters. The first-order valence-corrected chi connectivity index (χ1v) is 4.94. The normalized spacial score (nSPS) is 14.1. The largest absolute Gasteiger partial charge is 0.0914 e. The van der Waals surface area contributed by atoms with Gasteiger partial charge in [-0.25, -0.2) is 0 Å². The van der Waals surface area contributed by atoms with Crippen LogP contribution in [0.4, 0.5) is 0 Å². The second-order valence-electron chi connectivity index (χ2n) is 3.35. The van der Waals surface area contributed by atoms with Gasteiger partial charge in [0, 0.05) is 0 Å². The van der Waals surface area contributed by atoms with E-state index in [9.17, 15) is 0 Å². The summed E-state index contributed by atoms with van der Waals surface area (Å²) in [6.07, 6.45) is 11.4. The van der Waals surface area contributed by atoms with Crippen LogP contribution < -0.4 is 0 Å². The molecule has 0 rings (SSSR count). The molecule has 0 aliphatic carbocycles. The lowest BCUT2D eigenvalue weighted by Gasteiger charge is -2.04. The standard InChI is InChI=1S/C11H22/c1-4-6-7-8-10-11(3)9-5-2/h5,9,11H,4,6-8,10H2,1-3H3/b9-5+/t11-/m0/s1. The van der Waals surface area contributed by atoms with Crippen molar-refractivity contribution in [2.45, 2.75) is 52.9 Å². The van der Waals surface area contributed by atoms with Crippen molar-refractivity contribution in [3.8, 4) is 0 Å². The summed E-state index contributed by atoms with van der Waals surface area (Å²) < 4.78 is 0. The van der Waals surface area contributed by atoms with Crippen LogP contribution in [0.5, 0.6) is 0 Å². The van der Waals surface area contributed by atoms with Gasteiger partial charge in [0.05, 0.1) is 0 Å². The highest BCUT2D eigenvalue weighted by Crippen LogP contribution is 2.10. The second kappa shape index (κ2) is 7.84. The van der Waals surface area contributed by atoms with Gasteiger partial charge in [-0.3, -0.25) is 0 Å². The van der Waals surface area contributed by atoms with Crippen LogP contribution in [-0.2, 0) is 0 Å². The van der Waals surface area contributed by atoms with E-state index in [1.165, 1.54) is 32.1 Å². The van der Waals surface area contributed by atoms with Crippen molar-refractivity contribution in [1.82, 2.24) is 0 Å². The van der Waals surface area contributed by atoms with Crippen LogP contribution >= 0.6 is 0 Å². The van der Waals surface area contributed by atoms with E-state index >= 15 is 0 Å². The van der Waals surface area contributed by atoms with Gasteiger partial charge in [0.25, 0.3) is 0 Å². The fourth-order valence-corrected chi connectivity index (χ4v) is 1.32. The van der Waals surface area contributed by atoms with E-state index < -0.39 is 0 Å². The summed E-state index contributed by atoms with van der Waals surface area (Å²) in [7, 11) is 0. The topological polar surface area (TPSA) is 0 Å². The molecule has 0 aliphatic rings. The van der Waals surface area contributed by atoms with Crippen molar-refractivity contribution < 1.29 is 0 Å². The molecular formula is C11H22. The third-order valence-electron chi connectivity index (χ3n) is 2.03. The highest BCUT2D eigenvalue weighted by Gasteiger charge is 1.94. The Hall–Kier alpha value is -0.260. The highest BCUT2D eigenvalue weighted by atomic mass is 14.0. The first kappa shape index (κ1) is 10.7. The van der Waals surface area contributed by atoms with Crippen LogP contribution in [-0.4, -0.2) is 0 Å². The maximum Gasteiger partial charge on any atom is -0.0262 e. The fraction of sp³-hybridized carbons (Fsp3) is 0.818. The molecule has 11 heavy (non-hydrogen) atoms. The zero-order chi connectivity index (χ0) is 8.53. The van der Waals surface area contributed by atoms with Gasteiger partial charge in [-0.2, -0.15) is 0 Å². The number of rotatable bonds is 6. The van der Waals surface area contributed by atoms with Crippen molar-refractivity contribution in [2.24, 2.45) is 5.92 Å². The predicted octanol–water partition coefficient (Wildman–Crippen LogP) is 4.17. The van der Waals surface area contributed by atoms with E-state index in [0.717, 1.165) is 5.92 Å². The Morgan fingerprint density at radius 3 is 2.45 bits per heavy atom. The van der Waals surface area contributed by atoms with Crippen LogP contribution in [0.1, 0.15) is 52.9 Å². The lowest BCUT2D eigenvalue weighted by Crippen LogP contribution is -1.88. The summed E-state index contributed by atoms with van der Waals surface area (Å²) >= 11 is 0. The molecule has 0 N–H and O–H groups in total. The van der Waals surface area contributed by atoms with Gasteiger partial charge >= 0.3 is 0 Å². The van der Waals surface area contributed by atoms with Crippen LogP contribution in [0.15, 0.2) is 12.2 Å². The summed E-state index contributed by atoms with van der Waals surface area (Å²) in [4.78, 5) is 0. The molecule has 0 spiro atoms. The van der Waals surface area contributed by atoms with Crippen molar-refractivity contribution in [1.29, 1.82) is 0 Å². The molecule has 66 valence electrons. The summed E-state index contributed by atoms with van der Waals surface area (Å²) in [5.41, 5.74) is 0.